The fourth-order valence-electron chi connectivity index (χ4n) is 1.50. The highest BCUT2D eigenvalue weighted by Gasteiger charge is 2.36. The van der Waals surface area contributed by atoms with E-state index in [1.54, 1.807) is 0 Å². The summed E-state index contributed by atoms with van der Waals surface area (Å²) in [7, 11) is 0. The molecular formula is C8H10INO. The summed E-state index contributed by atoms with van der Waals surface area (Å²) in [5.74, 6) is 0. The minimum atomic E-state index is 0.326. The highest BCUT2D eigenvalue weighted by atomic mass is 127. The number of rotatable bonds is 1. The van der Waals surface area contributed by atoms with Gasteiger partial charge in [0.1, 0.15) is 0 Å². The molecule has 0 aliphatic heterocycles. The Morgan fingerprint density at radius 3 is 2.73 bits per heavy atom. The summed E-state index contributed by atoms with van der Waals surface area (Å²) in [4.78, 5) is 0. The summed E-state index contributed by atoms with van der Waals surface area (Å²) >= 11 is 2.15. The zero-order chi connectivity index (χ0) is 7.90. The van der Waals surface area contributed by atoms with Gasteiger partial charge in [0, 0.05) is 34.1 Å². The van der Waals surface area contributed by atoms with E-state index >= 15 is 0 Å². The molecule has 2 rings (SSSR count). The Kier molecular flexibility index (Phi) is 1.70. The molecule has 0 N–H and O–H groups in total. The Hall–Kier alpha value is -0.0600. The van der Waals surface area contributed by atoms with E-state index in [1.165, 1.54) is 19.3 Å². The van der Waals surface area contributed by atoms with E-state index in [0.717, 1.165) is 9.46 Å². The molecule has 0 aromatic carbocycles. The highest BCUT2D eigenvalue weighted by Crippen LogP contribution is 2.42. The van der Waals surface area contributed by atoms with Crippen LogP contribution in [-0.2, 0) is 5.41 Å². The minimum Gasteiger partial charge on any atom is -0.350 e. The molecule has 1 aliphatic carbocycles. The molecule has 0 unspecified atom stereocenters. The molecule has 1 aliphatic rings. The molecular weight excluding hydrogens is 253 g/mol. The molecule has 1 aromatic heterocycles. The summed E-state index contributed by atoms with van der Waals surface area (Å²) in [5.41, 5.74) is 1.46. The summed E-state index contributed by atoms with van der Waals surface area (Å²) < 4.78 is 5.92. The molecule has 3 heteroatoms. The van der Waals surface area contributed by atoms with Gasteiger partial charge in [-0.15, -0.1) is 0 Å². The van der Waals surface area contributed by atoms with Gasteiger partial charge in [-0.1, -0.05) is 18.5 Å². The predicted octanol–water partition coefficient (Wildman–Crippen LogP) is 2.72. The van der Waals surface area contributed by atoms with Crippen LogP contribution < -0.4 is 0 Å². The third-order valence-corrected chi connectivity index (χ3v) is 3.07. The van der Waals surface area contributed by atoms with Gasteiger partial charge in [0.25, 0.3) is 0 Å². The van der Waals surface area contributed by atoms with E-state index in [0.29, 0.717) is 5.41 Å². The Morgan fingerprint density at radius 1 is 1.64 bits per heavy atom. The molecule has 1 fully saturated rings. The Labute approximate surface area is 79.5 Å². The number of aromatic nitrogens is 1. The average molecular weight is 263 g/mol. The number of halogens is 1. The fraction of sp³-hybridized carbons (Fsp3) is 0.625. The topological polar surface area (TPSA) is 26.0 Å². The first-order valence-corrected chi connectivity index (χ1v) is 4.91. The Morgan fingerprint density at radius 2 is 2.36 bits per heavy atom. The van der Waals surface area contributed by atoms with Crippen LogP contribution in [0.1, 0.15) is 31.9 Å². The van der Waals surface area contributed by atoms with Crippen molar-refractivity contribution in [1.29, 1.82) is 0 Å². The van der Waals surface area contributed by atoms with E-state index in [1.807, 2.05) is 6.07 Å². The van der Waals surface area contributed by atoms with Crippen LogP contribution in [0.25, 0.3) is 0 Å². The molecule has 60 valence electrons. The van der Waals surface area contributed by atoms with E-state index in [9.17, 15) is 0 Å². The first kappa shape index (κ1) is 7.58. The van der Waals surface area contributed by atoms with Crippen molar-refractivity contribution in [2.45, 2.75) is 31.6 Å². The normalized spacial score (nSPS) is 21.3. The molecule has 0 saturated heterocycles. The van der Waals surface area contributed by atoms with Gasteiger partial charge in [-0.25, -0.2) is 0 Å². The third-order valence-electron chi connectivity index (χ3n) is 2.56. The van der Waals surface area contributed by atoms with Crippen LogP contribution in [0.4, 0.5) is 0 Å². The number of hydrogen-bond acceptors (Lipinski definition) is 2. The lowest BCUT2D eigenvalue weighted by Gasteiger charge is -2.35. The lowest BCUT2D eigenvalue weighted by Crippen LogP contribution is -2.30. The van der Waals surface area contributed by atoms with Crippen molar-refractivity contribution in [1.82, 2.24) is 5.16 Å². The second-order valence-corrected chi connectivity index (χ2v) is 4.49. The maximum atomic E-state index is 5.02. The lowest BCUT2D eigenvalue weighted by molar-refractivity contribution is 0.249. The molecule has 0 atom stereocenters. The molecule has 11 heavy (non-hydrogen) atoms. The average Bonchev–Trinajstić information content (AvgIpc) is 2.31. The van der Waals surface area contributed by atoms with Gasteiger partial charge in [0.05, 0.1) is 5.69 Å². The van der Waals surface area contributed by atoms with Crippen molar-refractivity contribution in [2.75, 3.05) is 0 Å². The second kappa shape index (κ2) is 2.47. The van der Waals surface area contributed by atoms with Crippen LogP contribution in [-0.4, -0.2) is 5.16 Å². The molecule has 0 amide bonds. The molecule has 2 nitrogen and oxygen atoms in total. The SMILES string of the molecule is CC1(c2cc(I)on2)CCC1. The summed E-state index contributed by atoms with van der Waals surface area (Å²) in [6.07, 6.45) is 3.85. The molecule has 1 heterocycles. The van der Waals surface area contributed by atoms with Crippen molar-refractivity contribution in [3.05, 3.63) is 15.5 Å². The number of hydrogen-bond donors (Lipinski definition) is 0. The predicted molar refractivity (Wildman–Crippen MR) is 50.4 cm³/mol. The van der Waals surface area contributed by atoms with Gasteiger partial charge >= 0.3 is 0 Å². The Balaban J connectivity index is 2.28. The van der Waals surface area contributed by atoms with Crippen LogP contribution in [0.2, 0.25) is 0 Å². The lowest BCUT2D eigenvalue weighted by atomic mass is 9.68. The quantitative estimate of drug-likeness (QED) is 0.728. The summed E-state index contributed by atoms with van der Waals surface area (Å²) in [5, 5.41) is 4.03. The monoisotopic (exact) mass is 263 g/mol. The van der Waals surface area contributed by atoms with E-state index in [-0.39, 0.29) is 0 Å². The van der Waals surface area contributed by atoms with Gasteiger partial charge in [0.2, 0.25) is 0 Å². The van der Waals surface area contributed by atoms with Crippen LogP contribution >= 0.6 is 22.6 Å². The first-order chi connectivity index (χ1) is 5.21. The van der Waals surface area contributed by atoms with Crippen LogP contribution in [0.15, 0.2) is 10.6 Å². The van der Waals surface area contributed by atoms with Crippen molar-refractivity contribution in [3.8, 4) is 0 Å². The van der Waals surface area contributed by atoms with Crippen molar-refractivity contribution in [3.63, 3.8) is 0 Å². The van der Waals surface area contributed by atoms with Crippen LogP contribution in [0.5, 0.6) is 0 Å². The molecule has 1 aromatic rings. The maximum Gasteiger partial charge on any atom is 0.196 e. The van der Waals surface area contributed by atoms with Gasteiger partial charge < -0.3 is 4.52 Å². The Bertz CT molecular complexity index is 265. The summed E-state index contributed by atoms with van der Waals surface area (Å²) in [6.45, 7) is 2.25. The standard InChI is InChI=1S/C8H10INO/c1-8(3-2-4-8)6-5-7(9)11-10-6/h5H,2-4H2,1H3. The first-order valence-electron chi connectivity index (χ1n) is 3.83. The van der Waals surface area contributed by atoms with Crippen molar-refractivity contribution in [2.24, 2.45) is 0 Å². The zero-order valence-corrected chi connectivity index (χ0v) is 8.59. The molecule has 1 saturated carbocycles. The van der Waals surface area contributed by atoms with E-state index < -0.39 is 0 Å². The highest BCUT2D eigenvalue weighted by molar-refractivity contribution is 14.1. The molecule has 0 spiro atoms. The molecule has 0 bridgehead atoms. The van der Waals surface area contributed by atoms with Crippen molar-refractivity contribution < 1.29 is 4.52 Å². The second-order valence-electron chi connectivity index (χ2n) is 3.43. The van der Waals surface area contributed by atoms with Gasteiger partial charge in [-0.2, -0.15) is 0 Å². The van der Waals surface area contributed by atoms with Crippen LogP contribution in [0, 0.1) is 3.77 Å². The van der Waals surface area contributed by atoms with Crippen molar-refractivity contribution >= 4 is 22.6 Å². The maximum absolute atomic E-state index is 5.02. The van der Waals surface area contributed by atoms with Gasteiger partial charge in [-0.3, -0.25) is 0 Å². The van der Waals surface area contributed by atoms with Gasteiger partial charge in [-0.05, 0) is 12.8 Å². The number of nitrogens with zero attached hydrogens (tertiary/aromatic N) is 1. The minimum absolute atomic E-state index is 0.326. The van der Waals surface area contributed by atoms with E-state index in [2.05, 4.69) is 34.7 Å². The largest absolute Gasteiger partial charge is 0.350 e. The van der Waals surface area contributed by atoms with Gasteiger partial charge in [0.15, 0.2) is 3.77 Å². The summed E-state index contributed by atoms with van der Waals surface area (Å²) in [6, 6.07) is 2.04. The smallest absolute Gasteiger partial charge is 0.196 e. The fourth-order valence-corrected chi connectivity index (χ4v) is 1.89. The molecule has 0 radical (unpaired) electrons. The van der Waals surface area contributed by atoms with Crippen LogP contribution in [0.3, 0.4) is 0 Å². The zero-order valence-electron chi connectivity index (χ0n) is 6.43. The van der Waals surface area contributed by atoms with E-state index in [4.69, 9.17) is 4.52 Å². The third kappa shape index (κ3) is 1.19.